The van der Waals surface area contributed by atoms with Crippen LogP contribution in [0.4, 0.5) is 0 Å². The third-order valence-electron chi connectivity index (χ3n) is 3.86. The van der Waals surface area contributed by atoms with E-state index in [1.807, 2.05) is 0 Å². The molecule has 4 heteroatoms. The minimum Gasteiger partial charge on any atom is -0.300 e. The van der Waals surface area contributed by atoms with Crippen molar-refractivity contribution in [1.82, 2.24) is 10.2 Å². The smallest absolute Gasteiger partial charge is 0.246 e. The fraction of sp³-hybridized carbons (Fsp3) is 0.833. The molecular formula is C12H20N2O2. The molecule has 0 radical (unpaired) electrons. The second kappa shape index (κ2) is 4.17. The summed E-state index contributed by atoms with van der Waals surface area (Å²) in [6, 6.07) is -0.291. The summed E-state index contributed by atoms with van der Waals surface area (Å²) < 4.78 is 0. The first-order valence-corrected chi connectivity index (χ1v) is 6.10. The topological polar surface area (TPSA) is 49.4 Å². The van der Waals surface area contributed by atoms with E-state index in [0.29, 0.717) is 6.42 Å². The molecule has 1 aliphatic carbocycles. The van der Waals surface area contributed by atoms with E-state index in [1.165, 1.54) is 24.2 Å². The van der Waals surface area contributed by atoms with Gasteiger partial charge in [-0.1, -0.05) is 19.3 Å². The van der Waals surface area contributed by atoms with E-state index in [4.69, 9.17) is 0 Å². The molecule has 2 fully saturated rings. The van der Waals surface area contributed by atoms with Crippen molar-refractivity contribution in [3.8, 4) is 0 Å². The molecule has 0 spiro atoms. The van der Waals surface area contributed by atoms with Crippen molar-refractivity contribution < 1.29 is 9.59 Å². The number of amides is 2. The van der Waals surface area contributed by atoms with Crippen LogP contribution in [-0.2, 0) is 9.59 Å². The van der Waals surface area contributed by atoms with Gasteiger partial charge in [-0.3, -0.25) is 14.5 Å². The molecule has 2 rings (SSSR count). The molecular weight excluding hydrogens is 204 g/mol. The lowest BCUT2D eigenvalue weighted by molar-refractivity contribution is -0.137. The zero-order valence-corrected chi connectivity index (χ0v) is 10.1. The molecule has 2 aliphatic rings. The van der Waals surface area contributed by atoms with Crippen LogP contribution < -0.4 is 5.32 Å². The average molecular weight is 224 g/mol. The second-order valence-electron chi connectivity index (χ2n) is 5.31. The van der Waals surface area contributed by atoms with E-state index in [0.717, 1.165) is 12.8 Å². The zero-order chi connectivity index (χ0) is 11.8. The fourth-order valence-electron chi connectivity index (χ4n) is 2.77. The number of hydrogen-bond acceptors (Lipinski definition) is 3. The van der Waals surface area contributed by atoms with Crippen molar-refractivity contribution in [2.75, 3.05) is 7.05 Å². The minimum atomic E-state index is -0.291. The van der Waals surface area contributed by atoms with Crippen LogP contribution in [0.1, 0.15) is 45.4 Å². The van der Waals surface area contributed by atoms with E-state index in [2.05, 4.69) is 12.2 Å². The molecule has 1 aliphatic heterocycles. The third-order valence-corrected chi connectivity index (χ3v) is 3.86. The van der Waals surface area contributed by atoms with E-state index < -0.39 is 0 Å². The van der Waals surface area contributed by atoms with Gasteiger partial charge in [-0.2, -0.15) is 0 Å². The molecule has 0 aromatic rings. The van der Waals surface area contributed by atoms with Gasteiger partial charge in [0.05, 0.1) is 12.5 Å². The van der Waals surface area contributed by atoms with Crippen LogP contribution in [-0.4, -0.2) is 35.3 Å². The Hall–Kier alpha value is -0.900. The first-order chi connectivity index (χ1) is 7.52. The molecule has 0 bridgehead atoms. The Bertz CT molecular complexity index is 308. The summed E-state index contributed by atoms with van der Waals surface area (Å²) >= 11 is 0. The number of likely N-dealkylation sites (tertiary alicyclic amines) is 1. The molecule has 1 saturated carbocycles. The predicted molar refractivity (Wildman–Crippen MR) is 60.8 cm³/mol. The molecule has 1 unspecified atom stereocenters. The van der Waals surface area contributed by atoms with Gasteiger partial charge >= 0.3 is 0 Å². The van der Waals surface area contributed by atoms with Gasteiger partial charge in [-0.15, -0.1) is 0 Å². The van der Waals surface area contributed by atoms with Crippen LogP contribution in [0, 0.1) is 0 Å². The van der Waals surface area contributed by atoms with Crippen LogP contribution in [0.5, 0.6) is 0 Å². The number of nitrogens with one attached hydrogen (secondary N) is 1. The summed E-state index contributed by atoms with van der Waals surface area (Å²) in [7, 11) is 1.57. The normalized spacial score (nSPS) is 29.9. The van der Waals surface area contributed by atoms with Crippen LogP contribution >= 0.6 is 0 Å². The molecule has 16 heavy (non-hydrogen) atoms. The van der Waals surface area contributed by atoms with E-state index in [1.54, 1.807) is 7.05 Å². The van der Waals surface area contributed by atoms with Crippen molar-refractivity contribution in [2.45, 2.75) is 57.0 Å². The van der Waals surface area contributed by atoms with Gasteiger partial charge in [0.2, 0.25) is 11.8 Å². The maximum absolute atomic E-state index is 11.8. The molecule has 1 heterocycles. The number of rotatable bonds is 2. The Morgan fingerprint density at radius 2 is 1.88 bits per heavy atom. The lowest BCUT2D eigenvalue weighted by Gasteiger charge is -2.36. The van der Waals surface area contributed by atoms with Crippen LogP contribution in [0.3, 0.4) is 0 Å². The number of hydrogen-bond donors (Lipinski definition) is 1. The molecule has 2 amide bonds. The molecule has 4 nitrogen and oxygen atoms in total. The molecule has 1 atom stereocenters. The highest BCUT2D eigenvalue weighted by Crippen LogP contribution is 2.29. The Morgan fingerprint density at radius 3 is 2.38 bits per heavy atom. The first-order valence-electron chi connectivity index (χ1n) is 6.10. The maximum Gasteiger partial charge on any atom is 0.246 e. The highest BCUT2D eigenvalue weighted by Gasteiger charge is 2.40. The maximum atomic E-state index is 11.8. The molecule has 0 aromatic carbocycles. The van der Waals surface area contributed by atoms with Crippen molar-refractivity contribution in [3.05, 3.63) is 0 Å². The number of likely N-dealkylation sites (N-methyl/N-ethyl adjacent to an activating group) is 1. The van der Waals surface area contributed by atoms with Crippen molar-refractivity contribution in [3.63, 3.8) is 0 Å². The summed E-state index contributed by atoms with van der Waals surface area (Å²) in [5.41, 5.74) is 0.0457. The van der Waals surface area contributed by atoms with Gasteiger partial charge < -0.3 is 5.32 Å². The summed E-state index contributed by atoms with van der Waals surface area (Å²) in [6.45, 7) is 2.17. The number of carbonyl (C=O) groups is 2. The van der Waals surface area contributed by atoms with Crippen molar-refractivity contribution >= 4 is 11.8 Å². The summed E-state index contributed by atoms with van der Waals surface area (Å²) in [5.74, 6) is -0.140. The molecule has 1 N–H and O–H groups in total. The van der Waals surface area contributed by atoms with Crippen molar-refractivity contribution in [1.29, 1.82) is 0 Å². The highest BCUT2D eigenvalue weighted by atomic mass is 16.2. The lowest BCUT2D eigenvalue weighted by Crippen LogP contribution is -2.51. The predicted octanol–water partition coefficient (Wildman–Crippen LogP) is 1.06. The number of carbonyl (C=O) groups excluding carboxylic acids is 2. The van der Waals surface area contributed by atoms with E-state index in [9.17, 15) is 9.59 Å². The Kier molecular flexibility index (Phi) is 3.02. The first kappa shape index (κ1) is 11.6. The fourth-order valence-corrected chi connectivity index (χ4v) is 2.77. The lowest BCUT2D eigenvalue weighted by atomic mass is 9.82. The number of nitrogens with zero attached hydrogens (tertiary/aromatic N) is 1. The van der Waals surface area contributed by atoms with Crippen LogP contribution in [0.2, 0.25) is 0 Å². The third kappa shape index (κ3) is 2.12. The Labute approximate surface area is 96.4 Å². The molecule has 90 valence electrons. The van der Waals surface area contributed by atoms with Gasteiger partial charge in [0, 0.05) is 12.6 Å². The minimum absolute atomic E-state index is 0.0457. The van der Waals surface area contributed by atoms with Crippen molar-refractivity contribution in [2.24, 2.45) is 0 Å². The van der Waals surface area contributed by atoms with Crippen LogP contribution in [0.15, 0.2) is 0 Å². The largest absolute Gasteiger partial charge is 0.300 e. The highest BCUT2D eigenvalue weighted by molar-refractivity contribution is 6.05. The standard InChI is InChI=1S/C12H20N2O2/c1-12(6-4-3-5-7-12)13-9-8-10(15)14(2)11(9)16/h9,13H,3-8H2,1-2H3. The van der Waals surface area contributed by atoms with Gasteiger partial charge in [-0.05, 0) is 19.8 Å². The SMILES string of the molecule is CN1C(=O)CC(NC2(C)CCCCC2)C1=O. The van der Waals surface area contributed by atoms with Gasteiger partial charge in [-0.25, -0.2) is 0 Å². The van der Waals surface area contributed by atoms with E-state index in [-0.39, 0.29) is 23.4 Å². The van der Waals surface area contributed by atoms with Gasteiger partial charge in [0.25, 0.3) is 0 Å². The Balaban J connectivity index is 1.99. The summed E-state index contributed by atoms with van der Waals surface area (Å²) in [6.07, 6.45) is 6.26. The van der Waals surface area contributed by atoms with Crippen LogP contribution in [0.25, 0.3) is 0 Å². The zero-order valence-electron chi connectivity index (χ0n) is 10.1. The van der Waals surface area contributed by atoms with Gasteiger partial charge in [0.1, 0.15) is 0 Å². The quantitative estimate of drug-likeness (QED) is 0.713. The summed E-state index contributed by atoms with van der Waals surface area (Å²) in [5, 5.41) is 3.39. The monoisotopic (exact) mass is 224 g/mol. The van der Waals surface area contributed by atoms with E-state index >= 15 is 0 Å². The molecule has 1 saturated heterocycles. The number of imide groups is 1. The van der Waals surface area contributed by atoms with Gasteiger partial charge in [0.15, 0.2) is 0 Å². The molecule has 0 aromatic heterocycles. The average Bonchev–Trinajstić information content (AvgIpc) is 2.47. The summed E-state index contributed by atoms with van der Waals surface area (Å²) in [4.78, 5) is 24.4. The second-order valence-corrected chi connectivity index (χ2v) is 5.31. The Morgan fingerprint density at radius 1 is 1.25 bits per heavy atom.